The van der Waals surface area contributed by atoms with Crippen molar-refractivity contribution in [3.8, 4) is 0 Å². The Hall–Kier alpha value is -2.71. The summed E-state index contributed by atoms with van der Waals surface area (Å²) >= 11 is 0. The summed E-state index contributed by atoms with van der Waals surface area (Å²) in [5, 5.41) is 2.94. The Kier molecular flexibility index (Phi) is 7.62. The van der Waals surface area contributed by atoms with Gasteiger partial charge in [-0.25, -0.2) is 9.59 Å². The molecule has 2 aromatic heterocycles. The highest BCUT2D eigenvalue weighted by atomic mass is 16.6. The number of nitrogens with zero attached hydrogens (tertiary/aromatic N) is 3. The van der Waals surface area contributed by atoms with E-state index in [-0.39, 0.29) is 23.2 Å². The number of ether oxygens (including phenoxy) is 1. The van der Waals surface area contributed by atoms with Gasteiger partial charge in [-0.3, -0.25) is 13.9 Å². The van der Waals surface area contributed by atoms with Crippen LogP contribution in [0.3, 0.4) is 0 Å². The Morgan fingerprint density at radius 3 is 2.48 bits per heavy atom. The van der Waals surface area contributed by atoms with E-state index in [1.54, 1.807) is 7.05 Å². The summed E-state index contributed by atoms with van der Waals surface area (Å²) in [5.74, 6) is 1.06. The second kappa shape index (κ2) is 9.62. The summed E-state index contributed by atoms with van der Waals surface area (Å²) < 4.78 is 7.94. The number of amides is 1. The number of aromatic amines is 1. The van der Waals surface area contributed by atoms with Crippen LogP contribution in [-0.4, -0.2) is 44.9 Å². The van der Waals surface area contributed by atoms with Crippen molar-refractivity contribution < 1.29 is 9.53 Å². The molecule has 174 valence electrons. The SMILES string of the molecule is CC.CC(NC(=O)OC(C)(C)C)C1CCCN(c2cc3c([nH]2)c(=O)n(C)c(=O)n3C)C1. The molecular weight excluding hydrogens is 398 g/mol. The van der Waals surface area contributed by atoms with Crippen LogP contribution in [-0.2, 0) is 18.8 Å². The van der Waals surface area contributed by atoms with E-state index >= 15 is 0 Å². The van der Waals surface area contributed by atoms with Crippen molar-refractivity contribution in [1.29, 1.82) is 0 Å². The minimum atomic E-state index is -0.533. The van der Waals surface area contributed by atoms with E-state index < -0.39 is 11.7 Å². The molecule has 0 aliphatic carbocycles. The first-order valence-corrected chi connectivity index (χ1v) is 11.0. The van der Waals surface area contributed by atoms with E-state index in [1.165, 1.54) is 11.6 Å². The van der Waals surface area contributed by atoms with Crippen LogP contribution in [0.25, 0.3) is 11.0 Å². The number of nitrogens with one attached hydrogen (secondary N) is 2. The Balaban J connectivity index is 0.00000166. The molecule has 1 fully saturated rings. The van der Waals surface area contributed by atoms with Crippen molar-refractivity contribution >= 4 is 22.9 Å². The number of piperidine rings is 1. The number of anilines is 1. The summed E-state index contributed by atoms with van der Waals surface area (Å²) in [6, 6.07) is 1.81. The molecule has 1 saturated heterocycles. The molecule has 3 rings (SSSR count). The Morgan fingerprint density at radius 1 is 1.23 bits per heavy atom. The zero-order valence-electron chi connectivity index (χ0n) is 20.0. The summed E-state index contributed by atoms with van der Waals surface area (Å²) in [5.41, 5.74) is -0.195. The van der Waals surface area contributed by atoms with E-state index in [9.17, 15) is 14.4 Å². The fourth-order valence-electron chi connectivity index (χ4n) is 3.86. The van der Waals surface area contributed by atoms with Crippen LogP contribution in [0.1, 0.15) is 54.4 Å². The molecule has 9 heteroatoms. The molecule has 0 saturated carbocycles. The molecule has 1 aliphatic rings. The Labute approximate surface area is 183 Å². The number of aromatic nitrogens is 3. The number of hydrogen-bond acceptors (Lipinski definition) is 5. The van der Waals surface area contributed by atoms with Gasteiger partial charge in [0.25, 0.3) is 5.56 Å². The molecule has 9 nitrogen and oxygen atoms in total. The summed E-state index contributed by atoms with van der Waals surface area (Å²) in [6.45, 7) is 13.1. The van der Waals surface area contributed by atoms with Gasteiger partial charge in [-0.1, -0.05) is 13.8 Å². The second-order valence-corrected chi connectivity index (χ2v) is 8.90. The lowest BCUT2D eigenvalue weighted by Crippen LogP contribution is -2.47. The molecule has 0 aromatic carbocycles. The van der Waals surface area contributed by atoms with Crippen molar-refractivity contribution in [3.63, 3.8) is 0 Å². The van der Waals surface area contributed by atoms with Crippen molar-refractivity contribution in [1.82, 2.24) is 19.4 Å². The molecule has 0 bridgehead atoms. The van der Waals surface area contributed by atoms with Gasteiger partial charge in [0.1, 0.15) is 16.9 Å². The van der Waals surface area contributed by atoms with Gasteiger partial charge in [0.2, 0.25) is 0 Å². The van der Waals surface area contributed by atoms with E-state index in [4.69, 9.17) is 4.74 Å². The van der Waals surface area contributed by atoms with Gasteiger partial charge in [-0.2, -0.15) is 0 Å². The lowest BCUT2D eigenvalue weighted by atomic mass is 9.91. The standard InChI is InChI=1S/C20H31N5O4.C2H6/c1-12(21-18(27)29-20(2,3)4)13-8-7-9-25(11-13)15-10-14-16(22-15)17(26)24(6)19(28)23(14)5;1-2/h10,12-13,22H,7-9,11H2,1-6H3,(H,21,27);1-2H3. The van der Waals surface area contributed by atoms with Gasteiger partial charge >= 0.3 is 11.8 Å². The molecule has 2 unspecified atom stereocenters. The minimum absolute atomic E-state index is 0.0470. The summed E-state index contributed by atoms with van der Waals surface area (Å²) in [7, 11) is 3.14. The van der Waals surface area contributed by atoms with Gasteiger partial charge < -0.3 is 19.9 Å². The number of hydrogen-bond donors (Lipinski definition) is 2. The van der Waals surface area contributed by atoms with Gasteiger partial charge in [0.15, 0.2) is 0 Å². The number of fused-ring (bicyclic) bond motifs is 1. The quantitative estimate of drug-likeness (QED) is 0.772. The highest BCUT2D eigenvalue weighted by Gasteiger charge is 2.28. The summed E-state index contributed by atoms with van der Waals surface area (Å²) in [6.07, 6.45) is 1.55. The zero-order valence-corrected chi connectivity index (χ0v) is 20.0. The number of carbonyl (C=O) groups is 1. The van der Waals surface area contributed by atoms with Crippen LogP contribution < -0.4 is 21.5 Å². The molecule has 0 spiro atoms. The molecule has 1 amide bonds. The maximum atomic E-state index is 12.4. The molecule has 3 heterocycles. The van der Waals surface area contributed by atoms with Crippen molar-refractivity contribution in [2.45, 2.75) is 66.0 Å². The topological polar surface area (TPSA) is 101 Å². The molecule has 2 N–H and O–H groups in total. The zero-order chi connectivity index (χ0) is 23.5. The first-order chi connectivity index (χ1) is 14.5. The third-order valence-electron chi connectivity index (χ3n) is 5.49. The minimum Gasteiger partial charge on any atom is -0.444 e. The highest BCUT2D eigenvalue weighted by Crippen LogP contribution is 2.26. The first-order valence-electron chi connectivity index (χ1n) is 11.0. The second-order valence-electron chi connectivity index (χ2n) is 8.90. The number of rotatable bonds is 3. The molecule has 2 atom stereocenters. The number of H-pyrrole nitrogens is 1. The van der Waals surface area contributed by atoms with Crippen molar-refractivity contribution in [3.05, 3.63) is 26.9 Å². The fraction of sp³-hybridized carbons (Fsp3) is 0.682. The van der Waals surface area contributed by atoms with Gasteiger partial charge in [0.05, 0.1) is 5.52 Å². The maximum Gasteiger partial charge on any atom is 0.407 e. The van der Waals surface area contributed by atoms with Crippen LogP contribution >= 0.6 is 0 Å². The van der Waals surface area contributed by atoms with Gasteiger partial charge in [-0.05, 0) is 46.5 Å². The van der Waals surface area contributed by atoms with Gasteiger partial charge in [0, 0.05) is 39.3 Å². The number of aryl methyl sites for hydroxylation is 1. The van der Waals surface area contributed by atoms with Crippen molar-refractivity contribution in [2.75, 3.05) is 18.0 Å². The maximum absolute atomic E-state index is 12.4. The average molecular weight is 436 g/mol. The number of carbonyl (C=O) groups excluding carboxylic acids is 1. The predicted octanol–water partition coefficient (Wildman–Crippen LogP) is 2.72. The molecule has 0 radical (unpaired) electrons. The van der Waals surface area contributed by atoms with E-state index in [1.807, 2.05) is 47.6 Å². The first kappa shape index (κ1) is 24.6. The Bertz CT molecular complexity index is 1030. The van der Waals surface area contributed by atoms with Gasteiger partial charge in [-0.15, -0.1) is 0 Å². The fourth-order valence-corrected chi connectivity index (χ4v) is 3.86. The van der Waals surface area contributed by atoms with Crippen LogP contribution in [0.4, 0.5) is 10.6 Å². The van der Waals surface area contributed by atoms with E-state index in [2.05, 4.69) is 15.2 Å². The van der Waals surface area contributed by atoms with Crippen LogP contribution in [0.2, 0.25) is 0 Å². The molecule has 31 heavy (non-hydrogen) atoms. The smallest absolute Gasteiger partial charge is 0.407 e. The van der Waals surface area contributed by atoms with Crippen LogP contribution in [0.15, 0.2) is 15.7 Å². The Morgan fingerprint density at radius 2 is 1.87 bits per heavy atom. The van der Waals surface area contributed by atoms with E-state index in [0.29, 0.717) is 11.0 Å². The highest BCUT2D eigenvalue weighted by molar-refractivity contribution is 5.80. The predicted molar refractivity (Wildman–Crippen MR) is 124 cm³/mol. The van der Waals surface area contributed by atoms with E-state index in [0.717, 1.165) is 36.3 Å². The average Bonchev–Trinajstić information content (AvgIpc) is 3.16. The third-order valence-corrected chi connectivity index (χ3v) is 5.49. The molecular formula is C22H37N5O4. The van der Waals surface area contributed by atoms with Crippen LogP contribution in [0, 0.1) is 5.92 Å². The molecule has 2 aromatic rings. The largest absolute Gasteiger partial charge is 0.444 e. The lowest BCUT2D eigenvalue weighted by Gasteiger charge is -2.36. The summed E-state index contributed by atoms with van der Waals surface area (Å²) in [4.78, 5) is 42.1. The molecule has 1 aliphatic heterocycles. The normalized spacial score (nSPS) is 17.7. The third kappa shape index (κ3) is 5.51. The van der Waals surface area contributed by atoms with Crippen LogP contribution in [0.5, 0.6) is 0 Å². The lowest BCUT2D eigenvalue weighted by molar-refractivity contribution is 0.0489. The monoisotopic (exact) mass is 435 g/mol. The number of alkyl carbamates (subject to hydrolysis) is 1. The van der Waals surface area contributed by atoms with Crippen molar-refractivity contribution in [2.24, 2.45) is 20.0 Å².